The third-order valence-electron chi connectivity index (χ3n) is 2.67. The highest BCUT2D eigenvalue weighted by atomic mass is 17.1. The molecule has 0 aromatic heterocycles. The van der Waals surface area contributed by atoms with E-state index in [-0.39, 0.29) is 12.5 Å². The molecule has 1 unspecified atom stereocenters. The summed E-state index contributed by atoms with van der Waals surface area (Å²) < 4.78 is 0. The predicted octanol–water partition coefficient (Wildman–Crippen LogP) is 3.66. The Hall–Kier alpha value is -1.84. The van der Waals surface area contributed by atoms with Crippen LogP contribution in [0.15, 0.2) is 66.5 Å². The molecule has 1 aromatic carbocycles. The summed E-state index contributed by atoms with van der Waals surface area (Å²) in [5.41, 5.74) is 1.93. The maximum atomic E-state index is 9.14. The topological polar surface area (TPSA) is 49.7 Å². The van der Waals surface area contributed by atoms with Crippen molar-refractivity contribution in [3.8, 4) is 0 Å². The molecule has 0 saturated carbocycles. The van der Waals surface area contributed by atoms with Gasteiger partial charge in [-0.1, -0.05) is 48.6 Å². The van der Waals surface area contributed by atoms with E-state index in [0.717, 1.165) is 11.1 Å². The van der Waals surface area contributed by atoms with Gasteiger partial charge in [0.25, 0.3) is 0 Å². The van der Waals surface area contributed by atoms with Crippen LogP contribution in [0.3, 0.4) is 0 Å². The molecular weight excluding hydrogens is 240 g/mol. The van der Waals surface area contributed by atoms with E-state index in [1.165, 1.54) is 0 Å². The van der Waals surface area contributed by atoms with Crippen LogP contribution in [0.25, 0.3) is 0 Å². The fourth-order valence-electron chi connectivity index (χ4n) is 1.72. The summed E-state index contributed by atoms with van der Waals surface area (Å²) in [5.74, 6) is 0.327. The molecule has 0 amide bonds. The Labute approximate surface area is 114 Å². The molecular formula is C16H20O3. The fourth-order valence-corrected chi connectivity index (χ4v) is 1.72. The monoisotopic (exact) mass is 260 g/mol. The first-order valence-electron chi connectivity index (χ1n) is 6.20. The smallest absolute Gasteiger partial charge is 0.161 e. The number of aliphatic hydroxyl groups excluding tert-OH is 1. The quantitative estimate of drug-likeness (QED) is 0.340. The summed E-state index contributed by atoms with van der Waals surface area (Å²) in [5, 5.41) is 18.0. The maximum absolute atomic E-state index is 9.14. The number of hydrogen-bond acceptors (Lipinski definition) is 3. The van der Waals surface area contributed by atoms with Crippen LogP contribution < -0.4 is 0 Å². The summed E-state index contributed by atoms with van der Waals surface area (Å²) >= 11 is 0. The van der Waals surface area contributed by atoms with E-state index in [0.29, 0.717) is 12.2 Å². The Morgan fingerprint density at radius 2 is 2.00 bits per heavy atom. The van der Waals surface area contributed by atoms with E-state index in [1.807, 2.05) is 37.3 Å². The highest BCUT2D eigenvalue weighted by Gasteiger charge is 2.09. The highest BCUT2D eigenvalue weighted by molar-refractivity contribution is 5.28. The minimum Gasteiger partial charge on any atom is -0.396 e. The average molecular weight is 260 g/mol. The number of rotatable bonds is 7. The lowest BCUT2D eigenvalue weighted by atomic mass is 9.95. The zero-order valence-electron chi connectivity index (χ0n) is 11.1. The lowest BCUT2D eigenvalue weighted by Gasteiger charge is -2.12. The van der Waals surface area contributed by atoms with Crippen LogP contribution in [0.5, 0.6) is 0 Å². The van der Waals surface area contributed by atoms with Gasteiger partial charge in [0, 0.05) is 12.5 Å². The first kappa shape index (κ1) is 15.2. The Morgan fingerprint density at radius 1 is 1.32 bits per heavy atom. The average Bonchev–Trinajstić information content (AvgIpc) is 2.43. The van der Waals surface area contributed by atoms with Crippen molar-refractivity contribution in [3.63, 3.8) is 0 Å². The van der Waals surface area contributed by atoms with E-state index in [4.69, 9.17) is 10.4 Å². The summed E-state index contributed by atoms with van der Waals surface area (Å²) in [4.78, 5) is 4.35. The molecule has 1 aromatic rings. The number of hydrogen-bond donors (Lipinski definition) is 2. The van der Waals surface area contributed by atoms with Gasteiger partial charge in [-0.15, -0.1) is 0 Å². The zero-order valence-corrected chi connectivity index (χ0v) is 11.1. The Balaban J connectivity index is 2.95. The van der Waals surface area contributed by atoms with Crippen molar-refractivity contribution in [1.29, 1.82) is 0 Å². The molecule has 19 heavy (non-hydrogen) atoms. The van der Waals surface area contributed by atoms with Crippen molar-refractivity contribution < 1.29 is 15.3 Å². The van der Waals surface area contributed by atoms with E-state index in [9.17, 15) is 0 Å². The largest absolute Gasteiger partial charge is 0.396 e. The molecule has 0 heterocycles. The van der Waals surface area contributed by atoms with Crippen LogP contribution >= 0.6 is 0 Å². The molecule has 1 atom stereocenters. The van der Waals surface area contributed by atoms with Gasteiger partial charge in [-0.25, -0.2) is 5.26 Å². The van der Waals surface area contributed by atoms with Crippen LogP contribution in [0.1, 0.15) is 24.8 Å². The van der Waals surface area contributed by atoms with E-state index >= 15 is 0 Å². The Kier molecular flexibility index (Phi) is 6.64. The molecule has 3 heteroatoms. The second kappa shape index (κ2) is 8.29. The van der Waals surface area contributed by atoms with Crippen LogP contribution in [0.2, 0.25) is 0 Å². The van der Waals surface area contributed by atoms with Gasteiger partial charge in [0.2, 0.25) is 0 Å². The van der Waals surface area contributed by atoms with Crippen LogP contribution in [-0.4, -0.2) is 17.0 Å². The van der Waals surface area contributed by atoms with Gasteiger partial charge >= 0.3 is 0 Å². The molecule has 3 nitrogen and oxygen atoms in total. The molecule has 0 fully saturated rings. The highest BCUT2D eigenvalue weighted by Crippen LogP contribution is 2.23. The van der Waals surface area contributed by atoms with Crippen molar-refractivity contribution in [1.82, 2.24) is 0 Å². The number of benzene rings is 1. The molecule has 0 bridgehead atoms. The summed E-state index contributed by atoms with van der Waals surface area (Å²) in [6.45, 7) is 5.67. The second-order valence-corrected chi connectivity index (χ2v) is 4.37. The van der Waals surface area contributed by atoms with E-state index in [1.54, 1.807) is 18.2 Å². The van der Waals surface area contributed by atoms with E-state index in [2.05, 4.69) is 11.5 Å². The third-order valence-corrected chi connectivity index (χ3v) is 2.67. The first-order valence-corrected chi connectivity index (χ1v) is 6.20. The van der Waals surface area contributed by atoms with Gasteiger partial charge in [0.1, 0.15) is 0 Å². The Bertz CT molecular complexity index is 446. The SMILES string of the molecule is C=C(C)/C=C\C(=C\C(CCO)c1ccccc1)OO. The number of allylic oxidation sites excluding steroid dienone is 4. The van der Waals surface area contributed by atoms with Crippen molar-refractivity contribution in [2.45, 2.75) is 19.3 Å². The minimum absolute atomic E-state index is 0.0110. The Morgan fingerprint density at radius 3 is 2.53 bits per heavy atom. The van der Waals surface area contributed by atoms with Crippen LogP contribution in [0.4, 0.5) is 0 Å². The van der Waals surface area contributed by atoms with Crippen LogP contribution in [-0.2, 0) is 4.89 Å². The number of aliphatic hydroxyl groups is 1. The molecule has 1 rings (SSSR count). The molecule has 0 saturated heterocycles. The standard InChI is InChI=1S/C16H20O3/c1-13(2)8-9-16(19-18)12-15(10-11-17)14-6-4-3-5-7-14/h3-9,12,15,17-18H,1,10-11H2,2H3/b9-8-,16-12-. The predicted molar refractivity (Wildman–Crippen MR) is 76.6 cm³/mol. The lowest BCUT2D eigenvalue weighted by molar-refractivity contribution is -0.198. The van der Waals surface area contributed by atoms with Gasteiger partial charge in [0.05, 0.1) is 0 Å². The second-order valence-electron chi connectivity index (χ2n) is 4.37. The van der Waals surface area contributed by atoms with Gasteiger partial charge in [0.15, 0.2) is 5.76 Å². The minimum atomic E-state index is -0.0110. The third kappa shape index (κ3) is 5.55. The summed E-state index contributed by atoms with van der Waals surface area (Å²) in [7, 11) is 0. The fraction of sp³-hybridized carbons (Fsp3) is 0.250. The van der Waals surface area contributed by atoms with Crippen molar-refractivity contribution in [2.75, 3.05) is 6.61 Å². The molecule has 2 N–H and O–H groups in total. The van der Waals surface area contributed by atoms with Gasteiger partial charge in [-0.2, -0.15) is 0 Å². The molecule has 0 spiro atoms. The van der Waals surface area contributed by atoms with Gasteiger partial charge < -0.3 is 9.99 Å². The summed E-state index contributed by atoms with van der Waals surface area (Å²) in [6.07, 6.45) is 5.75. The molecule has 0 aliphatic carbocycles. The zero-order chi connectivity index (χ0) is 14.1. The molecule has 102 valence electrons. The van der Waals surface area contributed by atoms with Crippen molar-refractivity contribution in [2.24, 2.45) is 0 Å². The maximum Gasteiger partial charge on any atom is 0.161 e. The van der Waals surface area contributed by atoms with Crippen molar-refractivity contribution in [3.05, 3.63) is 72.0 Å². The van der Waals surface area contributed by atoms with Crippen LogP contribution in [0, 0.1) is 0 Å². The molecule has 0 radical (unpaired) electrons. The lowest BCUT2D eigenvalue weighted by Crippen LogP contribution is -2.00. The van der Waals surface area contributed by atoms with E-state index < -0.39 is 0 Å². The van der Waals surface area contributed by atoms with Gasteiger partial charge in [-0.05, 0) is 31.1 Å². The normalized spacial score (nSPS) is 13.5. The first-order chi connectivity index (χ1) is 9.17. The van der Waals surface area contributed by atoms with Crippen molar-refractivity contribution >= 4 is 0 Å². The van der Waals surface area contributed by atoms with Gasteiger partial charge in [-0.3, -0.25) is 0 Å². The molecule has 0 aliphatic rings. The molecule has 0 aliphatic heterocycles. The summed E-state index contributed by atoms with van der Waals surface area (Å²) in [6, 6.07) is 9.78.